The molecule has 0 spiro atoms. The van der Waals surface area contributed by atoms with Gasteiger partial charge in [-0.2, -0.15) is 0 Å². The molecule has 0 aromatic heterocycles. The smallest absolute Gasteiger partial charge is 0.312 e. The molecule has 2 rings (SSSR count). The third-order valence-electron chi connectivity index (χ3n) is 2.54. The zero-order valence-corrected chi connectivity index (χ0v) is 13.2. The van der Waals surface area contributed by atoms with Crippen LogP contribution in [-0.2, 0) is 6.61 Å². The maximum absolute atomic E-state index is 11.0. The number of benzene rings is 2. The fourth-order valence-electron chi connectivity index (χ4n) is 1.57. The van der Waals surface area contributed by atoms with Crippen LogP contribution in [0.3, 0.4) is 0 Å². The maximum Gasteiger partial charge on any atom is 0.312 e. The first kappa shape index (κ1) is 15.0. The molecule has 7 heteroatoms. The summed E-state index contributed by atoms with van der Waals surface area (Å²) in [6.07, 6.45) is 0. The van der Waals surface area contributed by atoms with Gasteiger partial charge in [0.2, 0.25) is 5.75 Å². The molecule has 20 heavy (non-hydrogen) atoms. The van der Waals surface area contributed by atoms with Crippen LogP contribution in [0.2, 0.25) is 0 Å². The molecule has 0 saturated heterocycles. The van der Waals surface area contributed by atoms with Crippen molar-refractivity contribution in [2.24, 2.45) is 0 Å². The summed E-state index contributed by atoms with van der Waals surface area (Å²) in [6.45, 7) is -0.0979. The number of nitrogens with zero attached hydrogens (tertiary/aromatic N) is 1. The van der Waals surface area contributed by atoms with Gasteiger partial charge in [0.1, 0.15) is 5.75 Å². The van der Waals surface area contributed by atoms with Gasteiger partial charge in [-0.15, -0.1) is 0 Å². The van der Waals surface area contributed by atoms with Crippen LogP contribution in [0, 0.1) is 10.1 Å². The molecular formula is C13H9Br2NO4. The molecule has 2 aromatic rings. The Morgan fingerprint density at radius 3 is 2.55 bits per heavy atom. The fraction of sp³-hybridized carbons (Fsp3) is 0.0769. The van der Waals surface area contributed by atoms with Gasteiger partial charge in [0, 0.05) is 15.0 Å². The molecule has 0 aliphatic heterocycles. The second-order valence-corrected chi connectivity index (χ2v) is 5.65. The van der Waals surface area contributed by atoms with Crippen molar-refractivity contribution in [1.29, 1.82) is 0 Å². The normalized spacial score (nSPS) is 10.3. The minimum Gasteiger partial charge on any atom is -0.450 e. The molecule has 0 bridgehead atoms. The number of nitro groups is 1. The van der Waals surface area contributed by atoms with E-state index in [9.17, 15) is 10.1 Å². The lowest BCUT2D eigenvalue weighted by atomic mass is 10.2. The summed E-state index contributed by atoms with van der Waals surface area (Å²) in [5, 5.41) is 20.1. The second-order valence-electron chi connectivity index (χ2n) is 3.88. The summed E-state index contributed by atoms with van der Waals surface area (Å²) in [5.41, 5.74) is 0.587. The lowest BCUT2D eigenvalue weighted by molar-refractivity contribution is -0.385. The molecule has 0 unspecified atom stereocenters. The van der Waals surface area contributed by atoms with E-state index in [0.717, 1.165) is 0 Å². The quantitative estimate of drug-likeness (QED) is 0.607. The van der Waals surface area contributed by atoms with Crippen LogP contribution in [-0.4, -0.2) is 10.0 Å². The highest BCUT2D eigenvalue weighted by atomic mass is 79.9. The molecule has 0 heterocycles. The highest BCUT2D eigenvalue weighted by Crippen LogP contribution is 2.34. The van der Waals surface area contributed by atoms with Gasteiger partial charge >= 0.3 is 5.69 Å². The van der Waals surface area contributed by atoms with E-state index in [0.29, 0.717) is 20.3 Å². The Labute approximate surface area is 131 Å². The molecule has 0 fully saturated rings. The summed E-state index contributed by atoms with van der Waals surface area (Å²) in [6, 6.07) is 9.55. The largest absolute Gasteiger partial charge is 0.450 e. The molecule has 5 nitrogen and oxygen atoms in total. The third kappa shape index (κ3) is 3.36. The maximum atomic E-state index is 11.0. The van der Waals surface area contributed by atoms with Crippen molar-refractivity contribution < 1.29 is 14.8 Å². The van der Waals surface area contributed by atoms with Gasteiger partial charge in [-0.25, -0.2) is 0 Å². The van der Waals surface area contributed by atoms with E-state index in [4.69, 9.17) is 9.84 Å². The number of ether oxygens (including phenoxy) is 1. The molecule has 2 aromatic carbocycles. The average Bonchev–Trinajstić information content (AvgIpc) is 2.41. The summed E-state index contributed by atoms with van der Waals surface area (Å²) < 4.78 is 6.81. The lowest BCUT2D eigenvalue weighted by Gasteiger charge is -2.08. The Hall–Kier alpha value is -1.44. The topological polar surface area (TPSA) is 72.6 Å². The Morgan fingerprint density at radius 1 is 1.20 bits per heavy atom. The highest BCUT2D eigenvalue weighted by Gasteiger charge is 2.16. The number of rotatable bonds is 4. The summed E-state index contributed by atoms with van der Waals surface area (Å²) in [7, 11) is 0. The minimum atomic E-state index is -0.503. The summed E-state index contributed by atoms with van der Waals surface area (Å²) >= 11 is 6.48. The monoisotopic (exact) mass is 401 g/mol. The van der Waals surface area contributed by atoms with Gasteiger partial charge in [-0.1, -0.05) is 37.9 Å². The average molecular weight is 403 g/mol. The van der Waals surface area contributed by atoms with Crippen molar-refractivity contribution in [2.45, 2.75) is 6.61 Å². The standard InChI is InChI=1S/C13H9Br2NO4/c14-9-2-4-13(12(5-9)16(18)19)20-10-3-1-8(7-17)11(15)6-10/h1-6,17H,7H2. The Balaban J connectivity index is 2.35. The van der Waals surface area contributed by atoms with Crippen molar-refractivity contribution in [3.63, 3.8) is 0 Å². The first-order valence-electron chi connectivity index (χ1n) is 5.52. The molecular weight excluding hydrogens is 394 g/mol. The van der Waals surface area contributed by atoms with Crippen molar-refractivity contribution in [3.8, 4) is 11.5 Å². The predicted octanol–water partition coefficient (Wildman–Crippen LogP) is 4.40. The van der Waals surface area contributed by atoms with E-state index in [2.05, 4.69) is 31.9 Å². The molecule has 1 N–H and O–H groups in total. The minimum absolute atomic E-state index is 0.0979. The Bertz CT molecular complexity index is 661. The van der Waals surface area contributed by atoms with Crippen LogP contribution in [0.5, 0.6) is 11.5 Å². The molecule has 0 aliphatic carbocycles. The number of hydrogen-bond acceptors (Lipinski definition) is 4. The van der Waals surface area contributed by atoms with Gasteiger partial charge in [0.05, 0.1) is 11.5 Å². The van der Waals surface area contributed by atoms with Gasteiger partial charge in [0.15, 0.2) is 0 Å². The number of aliphatic hydroxyl groups is 1. The van der Waals surface area contributed by atoms with Crippen molar-refractivity contribution in [2.75, 3.05) is 0 Å². The first-order chi connectivity index (χ1) is 9.51. The van der Waals surface area contributed by atoms with Gasteiger partial charge in [-0.3, -0.25) is 10.1 Å². The van der Waals surface area contributed by atoms with Crippen LogP contribution < -0.4 is 4.74 Å². The highest BCUT2D eigenvalue weighted by molar-refractivity contribution is 9.10. The van der Waals surface area contributed by atoms with Crippen LogP contribution in [0.4, 0.5) is 5.69 Å². The summed E-state index contributed by atoms with van der Waals surface area (Å²) in [4.78, 5) is 10.5. The molecule has 0 radical (unpaired) electrons. The molecule has 0 atom stereocenters. The zero-order chi connectivity index (χ0) is 14.7. The molecule has 0 amide bonds. The molecule has 104 valence electrons. The van der Waals surface area contributed by atoms with Crippen LogP contribution in [0.15, 0.2) is 45.3 Å². The summed E-state index contributed by atoms with van der Waals surface area (Å²) in [5.74, 6) is 0.598. The molecule has 0 aliphatic rings. The van der Waals surface area contributed by atoms with E-state index in [1.165, 1.54) is 12.1 Å². The van der Waals surface area contributed by atoms with Crippen LogP contribution in [0.1, 0.15) is 5.56 Å². The lowest BCUT2D eigenvalue weighted by Crippen LogP contribution is -1.94. The van der Waals surface area contributed by atoms with E-state index in [-0.39, 0.29) is 18.0 Å². The van der Waals surface area contributed by atoms with Crippen molar-refractivity contribution >= 4 is 37.5 Å². The van der Waals surface area contributed by atoms with Crippen LogP contribution in [0.25, 0.3) is 0 Å². The van der Waals surface area contributed by atoms with Crippen molar-refractivity contribution in [3.05, 3.63) is 61.0 Å². The number of halogens is 2. The van der Waals surface area contributed by atoms with E-state index in [1.54, 1.807) is 24.3 Å². The van der Waals surface area contributed by atoms with E-state index < -0.39 is 4.92 Å². The third-order valence-corrected chi connectivity index (χ3v) is 3.77. The van der Waals surface area contributed by atoms with Gasteiger partial charge < -0.3 is 9.84 Å². The van der Waals surface area contributed by atoms with Crippen molar-refractivity contribution in [1.82, 2.24) is 0 Å². The van der Waals surface area contributed by atoms with Gasteiger partial charge in [0.25, 0.3) is 0 Å². The second kappa shape index (κ2) is 6.34. The zero-order valence-electron chi connectivity index (χ0n) is 10.0. The Morgan fingerprint density at radius 2 is 1.95 bits per heavy atom. The SMILES string of the molecule is O=[N+]([O-])c1cc(Br)ccc1Oc1ccc(CO)c(Br)c1. The predicted molar refractivity (Wildman–Crippen MR) is 80.9 cm³/mol. The molecule has 0 saturated carbocycles. The fourth-order valence-corrected chi connectivity index (χ4v) is 2.40. The van der Waals surface area contributed by atoms with Gasteiger partial charge in [-0.05, 0) is 29.8 Å². The Kier molecular flexibility index (Phi) is 4.74. The number of hydrogen-bond donors (Lipinski definition) is 1. The van der Waals surface area contributed by atoms with E-state index >= 15 is 0 Å². The number of aliphatic hydroxyl groups excluding tert-OH is 1. The first-order valence-corrected chi connectivity index (χ1v) is 7.11. The number of nitro benzene ring substituents is 1. The van der Waals surface area contributed by atoms with E-state index in [1.807, 2.05) is 0 Å². The van der Waals surface area contributed by atoms with Crippen LogP contribution >= 0.6 is 31.9 Å².